The highest BCUT2D eigenvalue weighted by molar-refractivity contribution is 7.07. The zero-order valence-corrected chi connectivity index (χ0v) is 10.3. The van der Waals surface area contributed by atoms with Crippen LogP contribution in [0.4, 0.5) is 4.39 Å². The number of aromatic hydroxyl groups is 1. The lowest BCUT2D eigenvalue weighted by Crippen LogP contribution is -2.17. The average molecular weight is 251 g/mol. The van der Waals surface area contributed by atoms with Gasteiger partial charge < -0.3 is 10.4 Å². The molecule has 1 aromatic carbocycles. The van der Waals surface area contributed by atoms with Gasteiger partial charge in [-0.05, 0) is 35.4 Å². The number of halogens is 1. The Bertz CT molecular complexity index is 484. The van der Waals surface area contributed by atoms with E-state index in [2.05, 4.69) is 16.8 Å². The van der Waals surface area contributed by atoms with Crippen LogP contribution < -0.4 is 5.32 Å². The molecule has 0 radical (unpaired) electrons. The first-order chi connectivity index (χ1) is 8.16. The molecule has 4 heteroatoms. The highest BCUT2D eigenvalue weighted by Gasteiger charge is 2.10. The molecular weight excluding hydrogens is 237 g/mol. The largest absolute Gasteiger partial charge is 0.508 e. The van der Waals surface area contributed by atoms with Gasteiger partial charge in [0.1, 0.15) is 11.6 Å². The molecule has 0 bridgehead atoms. The SMILES string of the molecule is CC(NCc1ccsc1)c1ccc(F)cc1O. The molecule has 0 aliphatic carbocycles. The maximum Gasteiger partial charge on any atom is 0.126 e. The van der Waals surface area contributed by atoms with E-state index in [4.69, 9.17) is 0 Å². The third-order valence-electron chi connectivity index (χ3n) is 2.65. The van der Waals surface area contributed by atoms with E-state index in [9.17, 15) is 9.50 Å². The van der Waals surface area contributed by atoms with Crippen LogP contribution in [-0.2, 0) is 6.54 Å². The molecule has 0 saturated carbocycles. The van der Waals surface area contributed by atoms with Crippen molar-refractivity contribution in [3.05, 3.63) is 52.0 Å². The summed E-state index contributed by atoms with van der Waals surface area (Å²) in [7, 11) is 0. The molecule has 2 aromatic rings. The summed E-state index contributed by atoms with van der Waals surface area (Å²) in [6.45, 7) is 2.68. The Morgan fingerprint density at radius 3 is 2.88 bits per heavy atom. The maximum absolute atomic E-state index is 12.8. The fourth-order valence-corrected chi connectivity index (χ4v) is 2.33. The van der Waals surface area contributed by atoms with Gasteiger partial charge in [-0.15, -0.1) is 0 Å². The molecule has 2 N–H and O–H groups in total. The van der Waals surface area contributed by atoms with Gasteiger partial charge in [-0.1, -0.05) is 6.07 Å². The minimum absolute atomic E-state index is 0.00433. The lowest BCUT2D eigenvalue weighted by atomic mass is 10.1. The molecular formula is C13H14FNOS. The average Bonchev–Trinajstić information content (AvgIpc) is 2.78. The summed E-state index contributed by atoms with van der Waals surface area (Å²) >= 11 is 1.65. The summed E-state index contributed by atoms with van der Waals surface area (Å²) in [5.74, 6) is -0.424. The van der Waals surface area contributed by atoms with Crippen molar-refractivity contribution in [2.45, 2.75) is 19.5 Å². The number of nitrogens with one attached hydrogen (secondary N) is 1. The van der Waals surface area contributed by atoms with Crippen LogP contribution in [0.3, 0.4) is 0 Å². The van der Waals surface area contributed by atoms with Crippen molar-refractivity contribution in [3.8, 4) is 5.75 Å². The fourth-order valence-electron chi connectivity index (χ4n) is 1.66. The number of benzene rings is 1. The second-order valence-corrected chi connectivity index (χ2v) is 4.72. The minimum Gasteiger partial charge on any atom is -0.508 e. The zero-order chi connectivity index (χ0) is 12.3. The molecule has 0 amide bonds. The predicted octanol–water partition coefficient (Wildman–Crippen LogP) is 3.44. The molecule has 17 heavy (non-hydrogen) atoms. The number of hydrogen-bond acceptors (Lipinski definition) is 3. The van der Waals surface area contributed by atoms with Gasteiger partial charge >= 0.3 is 0 Å². The Morgan fingerprint density at radius 2 is 2.24 bits per heavy atom. The van der Waals surface area contributed by atoms with Gasteiger partial charge in [0.15, 0.2) is 0 Å². The third-order valence-corrected chi connectivity index (χ3v) is 3.38. The summed E-state index contributed by atoms with van der Waals surface area (Å²) in [5, 5.41) is 17.0. The predicted molar refractivity (Wildman–Crippen MR) is 67.6 cm³/mol. The highest BCUT2D eigenvalue weighted by atomic mass is 32.1. The number of rotatable bonds is 4. The Labute approximate surface area is 104 Å². The topological polar surface area (TPSA) is 32.3 Å². The van der Waals surface area contributed by atoms with Crippen molar-refractivity contribution in [1.82, 2.24) is 5.32 Å². The molecule has 0 aliphatic rings. The highest BCUT2D eigenvalue weighted by Crippen LogP contribution is 2.24. The van der Waals surface area contributed by atoms with Crippen molar-refractivity contribution in [3.63, 3.8) is 0 Å². The van der Waals surface area contributed by atoms with Crippen molar-refractivity contribution < 1.29 is 9.50 Å². The first kappa shape index (κ1) is 12.1. The molecule has 1 atom stereocenters. The van der Waals surface area contributed by atoms with Crippen LogP contribution >= 0.6 is 11.3 Å². The first-order valence-electron chi connectivity index (χ1n) is 5.39. The summed E-state index contributed by atoms with van der Waals surface area (Å²) in [6.07, 6.45) is 0. The number of phenolic OH excluding ortho intramolecular Hbond substituents is 1. The Hall–Kier alpha value is -1.39. The fraction of sp³-hybridized carbons (Fsp3) is 0.231. The summed E-state index contributed by atoms with van der Waals surface area (Å²) in [6, 6.07) is 6.14. The van der Waals surface area contributed by atoms with Gasteiger partial charge in [-0.3, -0.25) is 0 Å². The number of phenols is 1. The zero-order valence-electron chi connectivity index (χ0n) is 9.48. The van der Waals surface area contributed by atoms with Gasteiger partial charge in [0.25, 0.3) is 0 Å². The van der Waals surface area contributed by atoms with E-state index in [0.717, 1.165) is 12.6 Å². The molecule has 0 spiro atoms. The Morgan fingerprint density at radius 1 is 1.41 bits per heavy atom. The van der Waals surface area contributed by atoms with Gasteiger partial charge in [0.05, 0.1) is 0 Å². The molecule has 1 aromatic heterocycles. The summed E-state index contributed by atoms with van der Waals surface area (Å²) in [5.41, 5.74) is 1.92. The van der Waals surface area contributed by atoms with Gasteiger partial charge in [0.2, 0.25) is 0 Å². The molecule has 90 valence electrons. The van der Waals surface area contributed by atoms with E-state index >= 15 is 0 Å². The maximum atomic E-state index is 12.8. The third kappa shape index (κ3) is 3.05. The van der Waals surface area contributed by atoms with Crippen LogP contribution in [0.2, 0.25) is 0 Å². The van der Waals surface area contributed by atoms with E-state index in [1.165, 1.54) is 11.6 Å². The molecule has 1 unspecified atom stereocenters. The van der Waals surface area contributed by atoms with E-state index in [0.29, 0.717) is 5.56 Å². The molecule has 0 saturated heterocycles. The molecule has 1 heterocycles. The Kier molecular flexibility index (Phi) is 3.76. The minimum atomic E-state index is -0.420. The van der Waals surface area contributed by atoms with E-state index < -0.39 is 5.82 Å². The molecule has 0 fully saturated rings. The van der Waals surface area contributed by atoms with Crippen LogP contribution in [0.1, 0.15) is 24.1 Å². The molecule has 2 rings (SSSR count). The van der Waals surface area contributed by atoms with Crippen LogP contribution in [0.15, 0.2) is 35.0 Å². The van der Waals surface area contributed by atoms with Crippen molar-refractivity contribution >= 4 is 11.3 Å². The van der Waals surface area contributed by atoms with Crippen molar-refractivity contribution in [2.24, 2.45) is 0 Å². The van der Waals surface area contributed by atoms with Crippen LogP contribution in [-0.4, -0.2) is 5.11 Å². The second-order valence-electron chi connectivity index (χ2n) is 3.94. The van der Waals surface area contributed by atoms with Gasteiger partial charge in [-0.2, -0.15) is 11.3 Å². The lowest BCUT2D eigenvalue weighted by Gasteiger charge is -2.15. The standard InChI is InChI=1S/C13H14FNOS/c1-9(15-7-10-4-5-17-8-10)12-3-2-11(14)6-13(12)16/h2-6,8-9,15-16H,7H2,1H3. The van der Waals surface area contributed by atoms with Crippen LogP contribution in [0, 0.1) is 5.82 Å². The lowest BCUT2D eigenvalue weighted by molar-refractivity contribution is 0.447. The summed E-state index contributed by atoms with van der Waals surface area (Å²) < 4.78 is 12.8. The monoisotopic (exact) mass is 251 g/mol. The normalized spacial score (nSPS) is 12.6. The van der Waals surface area contributed by atoms with E-state index in [-0.39, 0.29) is 11.8 Å². The smallest absolute Gasteiger partial charge is 0.126 e. The van der Waals surface area contributed by atoms with Crippen molar-refractivity contribution in [1.29, 1.82) is 0 Å². The van der Waals surface area contributed by atoms with E-state index in [1.54, 1.807) is 17.4 Å². The quantitative estimate of drug-likeness (QED) is 0.872. The van der Waals surface area contributed by atoms with Gasteiger partial charge in [0, 0.05) is 24.2 Å². The van der Waals surface area contributed by atoms with Crippen LogP contribution in [0.25, 0.3) is 0 Å². The van der Waals surface area contributed by atoms with Crippen LogP contribution in [0.5, 0.6) is 5.75 Å². The van der Waals surface area contributed by atoms with Crippen molar-refractivity contribution in [2.75, 3.05) is 0 Å². The summed E-state index contributed by atoms with van der Waals surface area (Å²) in [4.78, 5) is 0. The first-order valence-corrected chi connectivity index (χ1v) is 6.34. The van der Waals surface area contributed by atoms with Gasteiger partial charge in [-0.25, -0.2) is 4.39 Å². The Balaban J connectivity index is 2.01. The second kappa shape index (κ2) is 5.29. The van der Waals surface area contributed by atoms with E-state index in [1.807, 2.05) is 12.3 Å². The molecule has 2 nitrogen and oxygen atoms in total. The number of thiophene rings is 1. The molecule has 0 aliphatic heterocycles. The number of hydrogen-bond donors (Lipinski definition) is 2.